The molecule has 1 N–H and O–H groups in total. The minimum Gasteiger partial charge on any atom is -0.478 e. The Balaban J connectivity index is 1.80. The fourth-order valence-corrected chi connectivity index (χ4v) is 3.26. The van der Waals surface area contributed by atoms with E-state index in [9.17, 15) is 31.1 Å². The van der Waals surface area contributed by atoms with Gasteiger partial charge in [0, 0.05) is 19.3 Å². The Morgan fingerprint density at radius 3 is 1.82 bits per heavy atom. The Morgan fingerprint density at radius 2 is 1.39 bits per heavy atom. The van der Waals surface area contributed by atoms with Gasteiger partial charge in [0.1, 0.15) is 6.10 Å². The number of alkyl halides is 6. The quantitative estimate of drug-likeness (QED) is 0.529. The second-order valence-electron chi connectivity index (χ2n) is 7.28. The zero-order chi connectivity index (χ0) is 24.2. The maximum Gasteiger partial charge on any atom is 0.416 e. The number of halogens is 6. The third kappa shape index (κ3) is 6.38. The lowest BCUT2D eigenvalue weighted by molar-refractivity contribution is -0.138. The predicted octanol–water partition coefficient (Wildman–Crippen LogP) is 5.67. The summed E-state index contributed by atoms with van der Waals surface area (Å²) in [6.45, 7) is 0.744. The van der Waals surface area contributed by atoms with E-state index < -0.39 is 35.6 Å². The molecule has 2 aromatic carbocycles. The van der Waals surface area contributed by atoms with Gasteiger partial charge in [-0.15, -0.1) is 0 Å². The van der Waals surface area contributed by atoms with Gasteiger partial charge in [-0.25, -0.2) is 4.79 Å². The van der Waals surface area contributed by atoms with Crippen molar-refractivity contribution in [2.75, 3.05) is 19.7 Å². The first kappa shape index (κ1) is 24.4. The highest BCUT2D eigenvalue weighted by molar-refractivity contribution is 5.89. The molecule has 176 valence electrons. The third-order valence-electron chi connectivity index (χ3n) is 4.95. The van der Waals surface area contributed by atoms with Crippen molar-refractivity contribution in [3.05, 3.63) is 94.7 Å². The molecule has 1 aliphatic rings. The summed E-state index contributed by atoms with van der Waals surface area (Å²) in [4.78, 5) is 12.8. The molecule has 4 nitrogen and oxygen atoms in total. The normalized spacial score (nSPS) is 14.5. The Hall–Kier alpha value is -3.27. The van der Waals surface area contributed by atoms with E-state index in [-0.39, 0.29) is 18.7 Å². The van der Waals surface area contributed by atoms with Crippen molar-refractivity contribution in [3.8, 4) is 0 Å². The molecule has 1 aliphatic heterocycles. The monoisotopic (exact) mass is 471 g/mol. The molecule has 0 amide bonds. The Labute approximate surface area is 185 Å². The van der Waals surface area contributed by atoms with Gasteiger partial charge in [-0.05, 0) is 41.5 Å². The van der Waals surface area contributed by atoms with Crippen molar-refractivity contribution in [1.29, 1.82) is 0 Å². The largest absolute Gasteiger partial charge is 0.478 e. The first-order chi connectivity index (χ1) is 15.4. The van der Waals surface area contributed by atoms with Crippen LogP contribution < -0.4 is 0 Å². The Kier molecular flexibility index (Phi) is 7.16. The van der Waals surface area contributed by atoms with E-state index >= 15 is 0 Å². The number of carboxylic acid groups (broad SMARTS) is 1. The summed E-state index contributed by atoms with van der Waals surface area (Å²) in [5.74, 6) is -1.09. The number of nitrogens with zero attached hydrogens (tertiary/aromatic N) is 1. The molecule has 33 heavy (non-hydrogen) atoms. The summed E-state index contributed by atoms with van der Waals surface area (Å²) < 4.78 is 83.3. The van der Waals surface area contributed by atoms with Gasteiger partial charge in [0.25, 0.3) is 0 Å². The highest BCUT2D eigenvalue weighted by atomic mass is 19.4. The van der Waals surface area contributed by atoms with Crippen molar-refractivity contribution < 1.29 is 41.0 Å². The van der Waals surface area contributed by atoms with Crippen LogP contribution in [0.2, 0.25) is 0 Å². The summed E-state index contributed by atoms with van der Waals surface area (Å²) in [5, 5.41) is 9.09. The Morgan fingerprint density at radius 1 is 0.909 bits per heavy atom. The van der Waals surface area contributed by atoms with Crippen LogP contribution in [0.4, 0.5) is 26.3 Å². The number of aliphatic carboxylic acids is 1. The minimum atomic E-state index is -4.53. The van der Waals surface area contributed by atoms with Crippen LogP contribution in [0.25, 0.3) is 0 Å². The van der Waals surface area contributed by atoms with Crippen LogP contribution in [0, 0.1) is 0 Å². The van der Waals surface area contributed by atoms with Crippen LogP contribution in [-0.2, 0) is 21.9 Å². The molecule has 0 saturated carbocycles. The molecule has 3 rings (SSSR count). The molecule has 10 heteroatoms. The first-order valence-electron chi connectivity index (χ1n) is 9.77. The van der Waals surface area contributed by atoms with E-state index in [4.69, 9.17) is 9.84 Å². The number of rotatable bonds is 7. The predicted molar refractivity (Wildman–Crippen MR) is 107 cm³/mol. The standard InChI is InChI=1S/C23H19F6NO3/c24-22(25,26)18-7-3-15(4-8-18)20(16-5-9-19(10-6-16)23(27,28)29)33-13-12-30-11-1-2-17(14-30)21(31)32/h1-10,14,20H,11-13H2,(H,31,32). The van der Waals surface area contributed by atoms with E-state index in [0.717, 1.165) is 24.3 Å². The summed E-state index contributed by atoms with van der Waals surface area (Å²) in [6, 6.07) is 8.41. The van der Waals surface area contributed by atoms with Crippen LogP contribution in [-0.4, -0.2) is 35.7 Å². The maximum absolute atomic E-state index is 12.9. The number of carbonyl (C=O) groups is 1. The summed E-state index contributed by atoms with van der Waals surface area (Å²) in [6.07, 6.45) is -5.41. The van der Waals surface area contributed by atoms with Gasteiger partial charge in [0.05, 0.1) is 23.3 Å². The minimum absolute atomic E-state index is 0.0456. The van der Waals surface area contributed by atoms with Gasteiger partial charge in [0.2, 0.25) is 0 Å². The van der Waals surface area contributed by atoms with Gasteiger partial charge in [-0.2, -0.15) is 26.3 Å². The molecule has 0 aliphatic carbocycles. The fraction of sp³-hybridized carbons (Fsp3) is 0.261. The van der Waals surface area contributed by atoms with Crippen molar-refractivity contribution in [2.45, 2.75) is 18.5 Å². The van der Waals surface area contributed by atoms with Crippen LogP contribution >= 0.6 is 0 Å². The number of carboxylic acids is 1. The van der Waals surface area contributed by atoms with Crippen molar-refractivity contribution in [1.82, 2.24) is 4.90 Å². The van der Waals surface area contributed by atoms with Crippen molar-refractivity contribution in [2.24, 2.45) is 0 Å². The zero-order valence-corrected chi connectivity index (χ0v) is 17.0. The first-order valence-corrected chi connectivity index (χ1v) is 9.77. The van der Waals surface area contributed by atoms with Crippen LogP contribution in [0.3, 0.4) is 0 Å². The summed E-state index contributed by atoms with van der Waals surface area (Å²) >= 11 is 0. The lowest BCUT2D eigenvalue weighted by Crippen LogP contribution is -2.26. The number of ether oxygens (including phenoxy) is 1. The van der Waals surface area contributed by atoms with Crippen LogP contribution in [0.15, 0.2) is 72.5 Å². The number of hydrogen-bond acceptors (Lipinski definition) is 3. The molecule has 0 bridgehead atoms. The molecular weight excluding hydrogens is 452 g/mol. The maximum atomic E-state index is 12.9. The SMILES string of the molecule is O=C(O)C1=CN(CCOC(c2ccc(C(F)(F)F)cc2)c2ccc(C(F)(F)F)cc2)CC=C1. The average Bonchev–Trinajstić information content (AvgIpc) is 2.76. The van der Waals surface area contributed by atoms with Gasteiger partial charge in [-0.1, -0.05) is 30.3 Å². The molecule has 0 spiro atoms. The lowest BCUT2D eigenvalue weighted by Gasteiger charge is -2.25. The second kappa shape index (κ2) is 9.70. The topological polar surface area (TPSA) is 49.8 Å². The van der Waals surface area contributed by atoms with E-state index in [1.54, 1.807) is 11.0 Å². The highest BCUT2D eigenvalue weighted by Gasteiger charge is 2.32. The smallest absolute Gasteiger partial charge is 0.416 e. The molecule has 0 fully saturated rings. The van der Waals surface area contributed by atoms with Gasteiger partial charge >= 0.3 is 18.3 Å². The average molecular weight is 471 g/mol. The van der Waals surface area contributed by atoms with E-state index in [1.807, 2.05) is 0 Å². The fourth-order valence-electron chi connectivity index (χ4n) is 3.26. The van der Waals surface area contributed by atoms with Crippen LogP contribution in [0.5, 0.6) is 0 Å². The lowest BCUT2D eigenvalue weighted by atomic mass is 9.99. The molecule has 1 heterocycles. The molecule has 0 unspecified atom stereocenters. The van der Waals surface area contributed by atoms with Crippen molar-refractivity contribution >= 4 is 5.97 Å². The summed E-state index contributed by atoms with van der Waals surface area (Å²) in [5.41, 5.74) is -0.956. The van der Waals surface area contributed by atoms with Gasteiger partial charge in [-0.3, -0.25) is 0 Å². The molecule has 0 aromatic heterocycles. The number of hydrogen-bond donors (Lipinski definition) is 1. The third-order valence-corrected chi connectivity index (χ3v) is 4.95. The van der Waals surface area contributed by atoms with Crippen LogP contribution in [0.1, 0.15) is 28.4 Å². The van der Waals surface area contributed by atoms with Gasteiger partial charge < -0.3 is 14.7 Å². The molecule has 0 saturated heterocycles. The Bertz CT molecular complexity index is 967. The molecule has 2 aromatic rings. The zero-order valence-electron chi connectivity index (χ0n) is 17.0. The molecule has 0 radical (unpaired) electrons. The van der Waals surface area contributed by atoms with E-state index in [0.29, 0.717) is 17.7 Å². The summed E-state index contributed by atoms with van der Waals surface area (Å²) in [7, 11) is 0. The highest BCUT2D eigenvalue weighted by Crippen LogP contribution is 2.34. The van der Waals surface area contributed by atoms with E-state index in [1.165, 1.54) is 36.5 Å². The van der Waals surface area contributed by atoms with E-state index in [2.05, 4.69) is 0 Å². The van der Waals surface area contributed by atoms with Crippen molar-refractivity contribution in [3.63, 3.8) is 0 Å². The molecule has 0 atom stereocenters. The number of benzene rings is 2. The second-order valence-corrected chi connectivity index (χ2v) is 7.28. The molecular formula is C23H19F6NO3. The van der Waals surface area contributed by atoms with Gasteiger partial charge in [0.15, 0.2) is 0 Å².